The number of hydrogen-bond acceptors (Lipinski definition) is 2. The van der Waals surface area contributed by atoms with E-state index in [1.54, 1.807) is 0 Å². The monoisotopic (exact) mass is 533 g/mol. The predicted molar refractivity (Wildman–Crippen MR) is 132 cm³/mol. The Kier molecular flexibility index (Phi) is 7.56. The molecule has 0 unspecified atom stereocenters. The van der Waals surface area contributed by atoms with Crippen molar-refractivity contribution in [2.24, 2.45) is 5.92 Å². The summed E-state index contributed by atoms with van der Waals surface area (Å²) < 4.78 is 86.7. The molecule has 0 aromatic heterocycles. The van der Waals surface area contributed by atoms with Gasteiger partial charge in [0.05, 0.1) is 23.8 Å². The summed E-state index contributed by atoms with van der Waals surface area (Å²) in [6, 6.07) is 21.8. The number of hydrogen-bond donors (Lipinski definition) is 0. The van der Waals surface area contributed by atoms with Crippen molar-refractivity contribution in [3.05, 3.63) is 107 Å². The van der Waals surface area contributed by atoms with Gasteiger partial charge in [0, 0.05) is 12.0 Å². The van der Waals surface area contributed by atoms with Crippen molar-refractivity contribution < 1.29 is 31.1 Å². The molecular weight excluding hydrogens is 504 g/mol. The molecule has 0 saturated carbocycles. The third-order valence-electron chi connectivity index (χ3n) is 7.83. The van der Waals surface area contributed by atoms with Crippen LogP contribution in [0.4, 0.5) is 26.3 Å². The van der Waals surface area contributed by atoms with Gasteiger partial charge in [0.1, 0.15) is 0 Å². The van der Waals surface area contributed by atoms with Gasteiger partial charge >= 0.3 is 12.4 Å². The summed E-state index contributed by atoms with van der Waals surface area (Å²) in [5, 5.41) is 0. The summed E-state index contributed by atoms with van der Waals surface area (Å²) in [5.41, 5.74) is -0.455. The largest absolute Gasteiger partial charge is 0.416 e. The van der Waals surface area contributed by atoms with E-state index < -0.39 is 23.5 Å². The van der Waals surface area contributed by atoms with Crippen LogP contribution >= 0.6 is 0 Å². The molecule has 3 saturated heterocycles. The van der Waals surface area contributed by atoms with Crippen LogP contribution in [0.5, 0.6) is 0 Å². The molecule has 202 valence electrons. The summed E-state index contributed by atoms with van der Waals surface area (Å²) in [6.45, 7) is 1.48. The number of piperidine rings is 3. The fourth-order valence-electron chi connectivity index (χ4n) is 6.05. The maximum atomic E-state index is 13.4. The second kappa shape index (κ2) is 10.7. The van der Waals surface area contributed by atoms with Gasteiger partial charge < -0.3 is 4.74 Å². The zero-order valence-corrected chi connectivity index (χ0v) is 20.7. The van der Waals surface area contributed by atoms with Gasteiger partial charge in [0.15, 0.2) is 0 Å². The van der Waals surface area contributed by atoms with Gasteiger partial charge in [-0.1, -0.05) is 60.7 Å². The fourth-order valence-corrected chi connectivity index (χ4v) is 6.05. The zero-order valence-electron chi connectivity index (χ0n) is 20.7. The standard InChI is InChI=1S/C30H29F6NO/c31-29(32,33)24-15-21(16-25(18-24)30(34,35)36)19-38-28-23-11-13-37(14-12-23)27(28)26(22-9-5-2-6-10-22)17-20-7-3-1-4-8-20/h1-10,15-16,18,23,26-28H,11-14,17,19H2/t26-,27-,28-/m0/s1. The van der Waals surface area contributed by atoms with Crippen LogP contribution in [0.2, 0.25) is 0 Å². The highest BCUT2D eigenvalue weighted by atomic mass is 19.4. The van der Waals surface area contributed by atoms with Crippen molar-refractivity contribution >= 4 is 0 Å². The van der Waals surface area contributed by atoms with Crippen molar-refractivity contribution in [3.8, 4) is 0 Å². The SMILES string of the molecule is FC(F)(F)c1cc(CO[C@H]2C3CCN(CC3)[C@H]2[C@@H](Cc2ccccc2)c2ccccc2)cc(C(F)(F)F)c1. The van der Waals surface area contributed by atoms with Crippen molar-refractivity contribution in [3.63, 3.8) is 0 Å². The second-order valence-electron chi connectivity index (χ2n) is 10.3. The number of ether oxygens (including phenoxy) is 1. The molecule has 3 aromatic rings. The minimum Gasteiger partial charge on any atom is -0.372 e. The maximum Gasteiger partial charge on any atom is 0.416 e. The minimum atomic E-state index is -4.89. The molecule has 0 N–H and O–H groups in total. The summed E-state index contributed by atoms with van der Waals surface area (Å²) in [4.78, 5) is 2.39. The van der Waals surface area contributed by atoms with Crippen LogP contribution in [0.25, 0.3) is 0 Å². The van der Waals surface area contributed by atoms with Crippen LogP contribution in [0.1, 0.15) is 46.6 Å². The molecule has 0 aliphatic carbocycles. The van der Waals surface area contributed by atoms with Crippen molar-refractivity contribution in [2.75, 3.05) is 13.1 Å². The third-order valence-corrected chi connectivity index (χ3v) is 7.83. The molecule has 0 spiro atoms. The first-order chi connectivity index (χ1) is 18.1. The predicted octanol–water partition coefficient (Wildman–Crippen LogP) is 7.73. The maximum absolute atomic E-state index is 13.4. The number of nitrogens with zero attached hydrogens (tertiary/aromatic N) is 1. The highest BCUT2D eigenvalue weighted by Crippen LogP contribution is 2.43. The van der Waals surface area contributed by atoms with Gasteiger partial charge in [-0.3, -0.25) is 4.90 Å². The lowest BCUT2D eigenvalue weighted by Crippen LogP contribution is -2.61. The van der Waals surface area contributed by atoms with Crippen LogP contribution in [0.15, 0.2) is 78.9 Å². The summed E-state index contributed by atoms with van der Waals surface area (Å²) in [5.74, 6) is 0.249. The number of rotatable bonds is 7. The van der Waals surface area contributed by atoms with E-state index >= 15 is 0 Å². The molecule has 2 nitrogen and oxygen atoms in total. The topological polar surface area (TPSA) is 12.5 Å². The lowest BCUT2D eigenvalue weighted by atomic mass is 9.72. The highest BCUT2D eigenvalue weighted by molar-refractivity contribution is 5.33. The molecule has 8 heteroatoms. The molecule has 0 amide bonds. The molecule has 6 rings (SSSR count). The Morgan fingerprint density at radius 3 is 1.84 bits per heavy atom. The first-order valence-corrected chi connectivity index (χ1v) is 12.8. The van der Waals surface area contributed by atoms with Gasteiger partial charge in [-0.25, -0.2) is 0 Å². The van der Waals surface area contributed by atoms with E-state index in [-0.39, 0.29) is 42.2 Å². The van der Waals surface area contributed by atoms with Gasteiger partial charge in [-0.2, -0.15) is 26.3 Å². The van der Waals surface area contributed by atoms with Crippen LogP contribution < -0.4 is 0 Å². The van der Waals surface area contributed by atoms with E-state index in [9.17, 15) is 26.3 Å². The van der Waals surface area contributed by atoms with E-state index in [4.69, 9.17) is 4.74 Å². The van der Waals surface area contributed by atoms with E-state index in [1.807, 2.05) is 36.4 Å². The molecule has 0 radical (unpaired) electrons. The minimum absolute atomic E-state index is 0.0435. The first kappa shape index (κ1) is 26.8. The lowest BCUT2D eigenvalue weighted by molar-refractivity contribution is -0.143. The van der Waals surface area contributed by atoms with E-state index in [0.717, 1.165) is 55.6 Å². The van der Waals surface area contributed by atoms with E-state index in [1.165, 1.54) is 0 Å². The van der Waals surface area contributed by atoms with Crippen LogP contribution in [0, 0.1) is 5.92 Å². The quantitative estimate of drug-likeness (QED) is 0.288. The Labute approximate surface area is 218 Å². The summed E-state index contributed by atoms with van der Waals surface area (Å²) >= 11 is 0. The number of benzene rings is 3. The van der Waals surface area contributed by atoms with Crippen molar-refractivity contribution in [1.82, 2.24) is 4.90 Å². The third kappa shape index (κ3) is 5.91. The van der Waals surface area contributed by atoms with Crippen molar-refractivity contribution in [2.45, 2.75) is 56.3 Å². The molecule has 3 aliphatic heterocycles. The van der Waals surface area contributed by atoms with Crippen LogP contribution in [-0.2, 0) is 30.1 Å². The molecule has 3 fully saturated rings. The number of alkyl halides is 6. The molecular formula is C30H29F6NO. The fraction of sp³-hybridized carbons (Fsp3) is 0.400. The second-order valence-corrected chi connectivity index (χ2v) is 10.3. The first-order valence-electron chi connectivity index (χ1n) is 12.8. The Bertz CT molecular complexity index is 1170. The molecule has 2 bridgehead atoms. The average molecular weight is 534 g/mol. The van der Waals surface area contributed by atoms with Gasteiger partial charge in [0.2, 0.25) is 0 Å². The van der Waals surface area contributed by atoms with E-state index in [2.05, 4.69) is 29.2 Å². The Hall–Kier alpha value is -2.84. The number of fused-ring (bicyclic) bond motifs is 3. The zero-order chi connectivity index (χ0) is 26.9. The molecule has 3 aromatic carbocycles. The van der Waals surface area contributed by atoms with Crippen LogP contribution in [-0.4, -0.2) is 30.1 Å². The Balaban J connectivity index is 1.46. The van der Waals surface area contributed by atoms with E-state index in [0.29, 0.717) is 0 Å². The normalized spacial score (nSPS) is 24.4. The molecule has 3 atom stereocenters. The van der Waals surface area contributed by atoms with Crippen LogP contribution in [0.3, 0.4) is 0 Å². The number of halogens is 6. The average Bonchev–Trinajstić information content (AvgIpc) is 2.91. The summed E-state index contributed by atoms with van der Waals surface area (Å²) in [6.07, 6.45) is -7.55. The smallest absolute Gasteiger partial charge is 0.372 e. The lowest BCUT2D eigenvalue weighted by Gasteiger charge is -2.53. The van der Waals surface area contributed by atoms with Gasteiger partial charge in [-0.05, 0) is 73.2 Å². The Morgan fingerprint density at radius 2 is 1.29 bits per heavy atom. The highest BCUT2D eigenvalue weighted by Gasteiger charge is 2.47. The Morgan fingerprint density at radius 1 is 0.737 bits per heavy atom. The van der Waals surface area contributed by atoms with Gasteiger partial charge in [-0.15, -0.1) is 0 Å². The molecule has 38 heavy (non-hydrogen) atoms. The van der Waals surface area contributed by atoms with Crippen molar-refractivity contribution in [1.29, 1.82) is 0 Å². The molecule has 3 aliphatic rings. The molecule has 3 heterocycles. The van der Waals surface area contributed by atoms with Gasteiger partial charge in [0.25, 0.3) is 0 Å². The summed E-state index contributed by atoms with van der Waals surface area (Å²) in [7, 11) is 0.